The summed E-state index contributed by atoms with van der Waals surface area (Å²) in [6, 6.07) is 7.91. The summed E-state index contributed by atoms with van der Waals surface area (Å²) >= 11 is 0. The summed E-state index contributed by atoms with van der Waals surface area (Å²) in [5.41, 5.74) is 0.720. The van der Waals surface area contributed by atoms with E-state index in [1.54, 1.807) is 14.2 Å². The third kappa shape index (κ3) is 2.71. The third-order valence-corrected chi connectivity index (χ3v) is 4.90. The quantitative estimate of drug-likeness (QED) is 0.887. The fourth-order valence-corrected chi connectivity index (χ4v) is 3.33. The Morgan fingerprint density at radius 2 is 1.91 bits per heavy atom. The van der Waals surface area contributed by atoms with Crippen LogP contribution in [0, 0.1) is 0 Å². The Balaban J connectivity index is 1.71. The van der Waals surface area contributed by atoms with E-state index in [1.807, 2.05) is 24.3 Å². The summed E-state index contributed by atoms with van der Waals surface area (Å²) in [6.07, 6.45) is 1.89. The highest BCUT2D eigenvalue weighted by atomic mass is 16.5. The van der Waals surface area contributed by atoms with Crippen LogP contribution in [0.15, 0.2) is 24.3 Å². The first-order valence-corrected chi connectivity index (χ1v) is 7.76. The molecule has 1 N–H and O–H groups in total. The summed E-state index contributed by atoms with van der Waals surface area (Å²) in [5, 5.41) is 3.20. The van der Waals surface area contributed by atoms with Crippen molar-refractivity contribution in [3.05, 3.63) is 29.8 Å². The summed E-state index contributed by atoms with van der Waals surface area (Å²) < 4.78 is 10.7. The number of amides is 1. The average molecular weight is 304 g/mol. The molecule has 1 aromatic carbocycles. The fourth-order valence-electron chi connectivity index (χ4n) is 3.33. The van der Waals surface area contributed by atoms with E-state index < -0.39 is 0 Å². The van der Waals surface area contributed by atoms with Crippen LogP contribution in [0.3, 0.4) is 0 Å². The Bertz CT molecular complexity index is 539. The number of hydrogen-bond acceptors (Lipinski definition) is 4. The number of ether oxygens (including phenoxy) is 2. The number of rotatable bonds is 5. The van der Waals surface area contributed by atoms with E-state index in [-0.39, 0.29) is 23.5 Å². The molecule has 1 amide bonds. The SMILES string of the molecule is COc1ccc(C2(C(=O)N[C@H]3CN(C)C[C@@H]3OC)CC2)cc1. The van der Waals surface area contributed by atoms with Gasteiger partial charge in [-0.1, -0.05) is 12.1 Å². The second kappa shape index (κ2) is 5.89. The van der Waals surface area contributed by atoms with Gasteiger partial charge in [-0.05, 0) is 37.6 Å². The second-order valence-corrected chi connectivity index (χ2v) is 6.39. The largest absolute Gasteiger partial charge is 0.497 e. The van der Waals surface area contributed by atoms with Crippen LogP contribution in [-0.2, 0) is 14.9 Å². The normalized spacial score (nSPS) is 26.7. The predicted octanol–water partition coefficient (Wildman–Crippen LogP) is 1.17. The lowest BCUT2D eigenvalue weighted by Crippen LogP contribution is -2.47. The maximum absolute atomic E-state index is 12.8. The lowest BCUT2D eigenvalue weighted by molar-refractivity contribution is -0.124. The zero-order chi connectivity index (χ0) is 15.7. The van der Waals surface area contributed by atoms with Gasteiger partial charge < -0.3 is 19.7 Å². The van der Waals surface area contributed by atoms with Gasteiger partial charge in [-0.15, -0.1) is 0 Å². The van der Waals surface area contributed by atoms with Crippen molar-refractivity contribution in [2.24, 2.45) is 0 Å². The molecule has 0 radical (unpaired) electrons. The number of likely N-dealkylation sites (tertiary alicyclic amines) is 1. The molecule has 0 aromatic heterocycles. The Morgan fingerprint density at radius 3 is 2.45 bits per heavy atom. The molecule has 1 aliphatic carbocycles. The summed E-state index contributed by atoms with van der Waals surface area (Å²) in [5.74, 6) is 0.942. The molecule has 5 nitrogen and oxygen atoms in total. The predicted molar refractivity (Wildman–Crippen MR) is 84.1 cm³/mol. The van der Waals surface area contributed by atoms with Gasteiger partial charge in [-0.3, -0.25) is 4.79 Å². The number of nitrogens with one attached hydrogen (secondary N) is 1. The molecule has 1 saturated heterocycles. The van der Waals surface area contributed by atoms with Crippen molar-refractivity contribution in [2.75, 3.05) is 34.4 Å². The van der Waals surface area contributed by atoms with E-state index in [2.05, 4.69) is 17.3 Å². The third-order valence-electron chi connectivity index (χ3n) is 4.90. The number of benzene rings is 1. The van der Waals surface area contributed by atoms with Gasteiger partial charge in [0.15, 0.2) is 0 Å². The van der Waals surface area contributed by atoms with Gasteiger partial charge in [0, 0.05) is 20.2 Å². The van der Waals surface area contributed by atoms with Gasteiger partial charge in [-0.25, -0.2) is 0 Å². The van der Waals surface area contributed by atoms with Gasteiger partial charge >= 0.3 is 0 Å². The van der Waals surface area contributed by atoms with E-state index >= 15 is 0 Å². The number of methoxy groups -OCH3 is 2. The van der Waals surface area contributed by atoms with Crippen LogP contribution in [0.5, 0.6) is 5.75 Å². The minimum absolute atomic E-state index is 0.0678. The van der Waals surface area contributed by atoms with Crippen LogP contribution in [0.25, 0.3) is 0 Å². The van der Waals surface area contributed by atoms with Crippen molar-refractivity contribution in [3.63, 3.8) is 0 Å². The molecule has 2 atom stereocenters. The Hall–Kier alpha value is -1.59. The van der Waals surface area contributed by atoms with E-state index in [0.717, 1.165) is 37.2 Å². The molecule has 120 valence electrons. The molecule has 0 bridgehead atoms. The van der Waals surface area contributed by atoms with Gasteiger partial charge in [0.1, 0.15) is 5.75 Å². The maximum Gasteiger partial charge on any atom is 0.231 e. The highest BCUT2D eigenvalue weighted by Crippen LogP contribution is 2.48. The molecular weight excluding hydrogens is 280 g/mol. The van der Waals surface area contributed by atoms with Gasteiger partial charge in [0.2, 0.25) is 5.91 Å². The Labute approximate surface area is 131 Å². The van der Waals surface area contributed by atoms with E-state index in [4.69, 9.17) is 9.47 Å². The molecular formula is C17H24N2O3. The fraction of sp³-hybridized carbons (Fsp3) is 0.588. The molecule has 1 heterocycles. The van der Waals surface area contributed by atoms with Crippen molar-refractivity contribution >= 4 is 5.91 Å². The van der Waals surface area contributed by atoms with Crippen molar-refractivity contribution < 1.29 is 14.3 Å². The van der Waals surface area contributed by atoms with Crippen LogP contribution in [0.4, 0.5) is 0 Å². The highest BCUT2D eigenvalue weighted by molar-refractivity contribution is 5.91. The van der Waals surface area contributed by atoms with Crippen molar-refractivity contribution in [1.29, 1.82) is 0 Å². The topological polar surface area (TPSA) is 50.8 Å². The Morgan fingerprint density at radius 1 is 1.23 bits per heavy atom. The number of hydrogen-bond donors (Lipinski definition) is 1. The van der Waals surface area contributed by atoms with Gasteiger partial charge in [-0.2, -0.15) is 0 Å². The zero-order valence-electron chi connectivity index (χ0n) is 13.5. The molecule has 3 rings (SSSR count). The number of carbonyl (C=O) groups excluding carboxylic acids is 1. The number of nitrogens with zero attached hydrogens (tertiary/aromatic N) is 1. The number of likely N-dealkylation sites (N-methyl/N-ethyl adjacent to an activating group) is 1. The molecule has 5 heteroatoms. The molecule has 22 heavy (non-hydrogen) atoms. The molecule has 2 fully saturated rings. The van der Waals surface area contributed by atoms with Crippen molar-refractivity contribution in [3.8, 4) is 5.75 Å². The maximum atomic E-state index is 12.8. The molecule has 0 unspecified atom stereocenters. The van der Waals surface area contributed by atoms with Crippen LogP contribution in [-0.4, -0.2) is 57.3 Å². The number of carbonyl (C=O) groups is 1. The lowest BCUT2D eigenvalue weighted by Gasteiger charge is -2.23. The first kappa shape index (κ1) is 15.3. The second-order valence-electron chi connectivity index (χ2n) is 6.39. The molecule has 1 aromatic rings. The first-order chi connectivity index (χ1) is 10.6. The van der Waals surface area contributed by atoms with Crippen LogP contribution in [0.1, 0.15) is 18.4 Å². The molecule has 1 aliphatic heterocycles. The van der Waals surface area contributed by atoms with Gasteiger partial charge in [0.25, 0.3) is 0 Å². The molecule has 2 aliphatic rings. The minimum Gasteiger partial charge on any atom is -0.497 e. The summed E-state index contributed by atoms with van der Waals surface area (Å²) in [6.45, 7) is 1.69. The summed E-state index contributed by atoms with van der Waals surface area (Å²) in [7, 11) is 5.41. The Kier molecular flexibility index (Phi) is 4.10. The van der Waals surface area contributed by atoms with Crippen molar-refractivity contribution in [2.45, 2.75) is 30.4 Å². The lowest BCUT2D eigenvalue weighted by atomic mass is 9.94. The van der Waals surface area contributed by atoms with E-state index in [1.165, 1.54) is 0 Å². The first-order valence-electron chi connectivity index (χ1n) is 7.76. The smallest absolute Gasteiger partial charge is 0.231 e. The van der Waals surface area contributed by atoms with Gasteiger partial charge in [0.05, 0.1) is 24.7 Å². The van der Waals surface area contributed by atoms with Crippen LogP contribution >= 0.6 is 0 Å². The monoisotopic (exact) mass is 304 g/mol. The highest BCUT2D eigenvalue weighted by Gasteiger charge is 2.52. The van der Waals surface area contributed by atoms with Crippen LogP contribution in [0.2, 0.25) is 0 Å². The standard InChI is InChI=1S/C17H24N2O3/c1-19-10-14(15(11-19)22-3)18-16(20)17(8-9-17)12-4-6-13(21-2)7-5-12/h4-7,14-15H,8-11H2,1-3H3,(H,18,20)/t14-,15-/m0/s1. The average Bonchev–Trinajstić information content (AvgIpc) is 3.27. The minimum atomic E-state index is -0.355. The zero-order valence-corrected chi connectivity index (χ0v) is 13.5. The summed E-state index contributed by atoms with van der Waals surface area (Å²) in [4.78, 5) is 15.0. The van der Waals surface area contributed by atoms with E-state index in [9.17, 15) is 4.79 Å². The van der Waals surface area contributed by atoms with E-state index in [0.29, 0.717) is 0 Å². The molecule has 1 saturated carbocycles. The molecule has 0 spiro atoms. The van der Waals surface area contributed by atoms with Crippen molar-refractivity contribution in [1.82, 2.24) is 10.2 Å². The van der Waals surface area contributed by atoms with Crippen LogP contribution < -0.4 is 10.1 Å².